The molecule has 0 radical (unpaired) electrons. The maximum Gasteiger partial charge on any atom is 0.320 e. The van der Waals surface area contributed by atoms with Crippen LogP contribution in [0.5, 0.6) is 5.75 Å². The van der Waals surface area contributed by atoms with Gasteiger partial charge < -0.3 is 15.2 Å². The van der Waals surface area contributed by atoms with Gasteiger partial charge in [0.15, 0.2) is 0 Å². The van der Waals surface area contributed by atoms with Crippen LogP contribution in [0.4, 0.5) is 0 Å². The van der Waals surface area contributed by atoms with Gasteiger partial charge in [-0.1, -0.05) is 39.8 Å². The Kier molecular flexibility index (Phi) is 6.52. The predicted octanol–water partition coefficient (Wildman–Crippen LogP) is 2.92. The molecule has 0 aliphatic heterocycles. The van der Waals surface area contributed by atoms with Crippen molar-refractivity contribution in [3.8, 4) is 5.75 Å². The second-order valence-electron chi connectivity index (χ2n) is 5.79. The number of hydrogen-bond donors (Lipinski definition) is 2. The van der Waals surface area contributed by atoms with E-state index in [4.69, 9.17) is 9.84 Å². The van der Waals surface area contributed by atoms with Gasteiger partial charge in [0.25, 0.3) is 0 Å². The summed E-state index contributed by atoms with van der Waals surface area (Å²) in [5.74, 6) is 0.545. The number of nitrogens with one attached hydrogen (secondary N) is 1. The zero-order chi connectivity index (χ0) is 15.1. The van der Waals surface area contributed by atoms with Crippen molar-refractivity contribution in [3.05, 3.63) is 29.8 Å². The molecule has 0 aliphatic rings. The van der Waals surface area contributed by atoms with Crippen LogP contribution in [0.2, 0.25) is 0 Å². The molecule has 1 atom stereocenters. The first-order valence-electron chi connectivity index (χ1n) is 7.08. The fourth-order valence-electron chi connectivity index (χ4n) is 1.84. The van der Waals surface area contributed by atoms with Gasteiger partial charge in [-0.15, -0.1) is 0 Å². The van der Waals surface area contributed by atoms with Gasteiger partial charge >= 0.3 is 5.97 Å². The monoisotopic (exact) mass is 279 g/mol. The maximum absolute atomic E-state index is 11.1. The molecule has 0 bridgehead atoms. The van der Waals surface area contributed by atoms with Crippen LogP contribution in [0, 0.1) is 11.8 Å². The topological polar surface area (TPSA) is 58.6 Å². The molecule has 112 valence electrons. The van der Waals surface area contributed by atoms with Crippen LogP contribution in [0.15, 0.2) is 24.3 Å². The minimum Gasteiger partial charge on any atom is -0.493 e. The summed E-state index contributed by atoms with van der Waals surface area (Å²) in [6.45, 7) is 9.20. The lowest BCUT2D eigenvalue weighted by Gasteiger charge is -2.18. The molecule has 0 fully saturated rings. The van der Waals surface area contributed by atoms with Crippen molar-refractivity contribution >= 4 is 5.97 Å². The number of benzene rings is 1. The Hall–Kier alpha value is -1.55. The highest BCUT2D eigenvalue weighted by Crippen LogP contribution is 2.15. The minimum atomic E-state index is -0.813. The fourth-order valence-corrected chi connectivity index (χ4v) is 1.84. The summed E-state index contributed by atoms with van der Waals surface area (Å²) in [7, 11) is 0. The molecule has 4 nitrogen and oxygen atoms in total. The molecule has 0 saturated carbocycles. The fraction of sp³-hybridized carbons (Fsp3) is 0.562. The van der Waals surface area contributed by atoms with Crippen LogP contribution in [-0.4, -0.2) is 23.7 Å². The average Bonchev–Trinajstić information content (AvgIpc) is 2.36. The van der Waals surface area contributed by atoms with Gasteiger partial charge in [-0.2, -0.15) is 0 Å². The molecule has 1 aromatic carbocycles. The van der Waals surface area contributed by atoms with Crippen LogP contribution < -0.4 is 10.1 Å². The molecule has 0 spiro atoms. The number of rotatable bonds is 8. The van der Waals surface area contributed by atoms with Crippen LogP contribution in [0.25, 0.3) is 0 Å². The third-order valence-electron chi connectivity index (χ3n) is 2.94. The van der Waals surface area contributed by atoms with Crippen LogP contribution in [0.3, 0.4) is 0 Å². The summed E-state index contributed by atoms with van der Waals surface area (Å²) in [5, 5.41) is 12.2. The number of aliphatic carboxylic acids is 1. The Morgan fingerprint density at radius 3 is 2.55 bits per heavy atom. The van der Waals surface area contributed by atoms with E-state index in [1.165, 1.54) is 0 Å². The van der Waals surface area contributed by atoms with E-state index in [0.29, 0.717) is 19.1 Å². The normalized spacial score (nSPS) is 12.7. The molecule has 1 rings (SSSR count). The SMILES string of the molecule is CC(C)COc1cccc(CN[C@@H](C(=O)O)C(C)C)c1. The Labute approximate surface area is 121 Å². The highest BCUT2D eigenvalue weighted by molar-refractivity contribution is 5.73. The smallest absolute Gasteiger partial charge is 0.320 e. The average molecular weight is 279 g/mol. The lowest BCUT2D eigenvalue weighted by molar-refractivity contribution is -0.140. The molecule has 0 aromatic heterocycles. The van der Waals surface area contributed by atoms with Crippen molar-refractivity contribution in [2.75, 3.05) is 6.61 Å². The summed E-state index contributed by atoms with van der Waals surface area (Å²) in [6, 6.07) is 7.24. The number of carboxylic acid groups (broad SMARTS) is 1. The van der Waals surface area contributed by atoms with E-state index in [1.54, 1.807) is 0 Å². The molecular formula is C16H25NO3. The molecule has 0 unspecified atom stereocenters. The number of hydrogen-bond acceptors (Lipinski definition) is 3. The molecule has 1 aromatic rings. The summed E-state index contributed by atoms with van der Waals surface area (Å²) in [4.78, 5) is 11.1. The number of carbonyl (C=O) groups is 1. The van der Waals surface area contributed by atoms with E-state index in [1.807, 2.05) is 38.1 Å². The summed E-state index contributed by atoms with van der Waals surface area (Å²) in [5.41, 5.74) is 1.03. The van der Waals surface area contributed by atoms with Gasteiger partial charge in [0.1, 0.15) is 11.8 Å². The molecule has 0 saturated heterocycles. The molecule has 0 aliphatic carbocycles. The molecule has 20 heavy (non-hydrogen) atoms. The van der Waals surface area contributed by atoms with Crippen molar-refractivity contribution < 1.29 is 14.6 Å². The van der Waals surface area contributed by atoms with E-state index in [0.717, 1.165) is 11.3 Å². The van der Waals surface area contributed by atoms with Crippen molar-refractivity contribution in [1.29, 1.82) is 0 Å². The van der Waals surface area contributed by atoms with Crippen molar-refractivity contribution in [2.24, 2.45) is 11.8 Å². The van der Waals surface area contributed by atoms with Gasteiger partial charge in [0.2, 0.25) is 0 Å². The lowest BCUT2D eigenvalue weighted by Crippen LogP contribution is -2.40. The summed E-state index contributed by atoms with van der Waals surface area (Å²) in [6.07, 6.45) is 0. The van der Waals surface area contributed by atoms with E-state index in [9.17, 15) is 4.79 Å². The summed E-state index contributed by atoms with van der Waals surface area (Å²) >= 11 is 0. The van der Waals surface area contributed by atoms with E-state index < -0.39 is 12.0 Å². The quantitative estimate of drug-likeness (QED) is 0.768. The molecule has 0 amide bonds. The Morgan fingerprint density at radius 2 is 2.00 bits per heavy atom. The number of carboxylic acids is 1. The minimum absolute atomic E-state index is 0.0490. The van der Waals surface area contributed by atoms with Gasteiger partial charge in [-0.05, 0) is 29.5 Å². The predicted molar refractivity (Wildman–Crippen MR) is 79.9 cm³/mol. The van der Waals surface area contributed by atoms with Crippen LogP contribution in [0.1, 0.15) is 33.3 Å². The first-order chi connectivity index (χ1) is 9.40. The zero-order valence-corrected chi connectivity index (χ0v) is 12.7. The van der Waals surface area contributed by atoms with Crippen LogP contribution in [-0.2, 0) is 11.3 Å². The van der Waals surface area contributed by atoms with E-state index in [-0.39, 0.29) is 5.92 Å². The largest absolute Gasteiger partial charge is 0.493 e. The Balaban J connectivity index is 2.59. The second kappa shape index (κ2) is 7.90. The van der Waals surface area contributed by atoms with Crippen LogP contribution >= 0.6 is 0 Å². The van der Waals surface area contributed by atoms with E-state index >= 15 is 0 Å². The number of ether oxygens (including phenoxy) is 1. The molecule has 0 heterocycles. The third-order valence-corrected chi connectivity index (χ3v) is 2.94. The lowest BCUT2D eigenvalue weighted by atomic mass is 10.0. The first kappa shape index (κ1) is 16.5. The Bertz CT molecular complexity index is 429. The zero-order valence-electron chi connectivity index (χ0n) is 12.7. The van der Waals surface area contributed by atoms with Gasteiger partial charge in [0.05, 0.1) is 6.61 Å². The van der Waals surface area contributed by atoms with Gasteiger partial charge in [0, 0.05) is 6.54 Å². The maximum atomic E-state index is 11.1. The highest BCUT2D eigenvalue weighted by atomic mass is 16.5. The highest BCUT2D eigenvalue weighted by Gasteiger charge is 2.20. The molecular weight excluding hydrogens is 254 g/mol. The third kappa shape index (κ3) is 5.61. The second-order valence-corrected chi connectivity index (χ2v) is 5.79. The standard InChI is InChI=1S/C16H25NO3/c1-11(2)10-20-14-7-5-6-13(8-14)9-17-15(12(3)4)16(18)19/h5-8,11-12,15,17H,9-10H2,1-4H3,(H,18,19)/t15-/m1/s1. The van der Waals surface area contributed by atoms with Crippen molar-refractivity contribution in [1.82, 2.24) is 5.32 Å². The van der Waals surface area contributed by atoms with E-state index in [2.05, 4.69) is 19.2 Å². The van der Waals surface area contributed by atoms with Crippen molar-refractivity contribution in [3.63, 3.8) is 0 Å². The first-order valence-corrected chi connectivity index (χ1v) is 7.08. The van der Waals surface area contributed by atoms with Gasteiger partial charge in [-0.3, -0.25) is 4.79 Å². The molecule has 4 heteroatoms. The Morgan fingerprint density at radius 1 is 1.30 bits per heavy atom. The summed E-state index contributed by atoms with van der Waals surface area (Å²) < 4.78 is 5.67. The van der Waals surface area contributed by atoms with Gasteiger partial charge in [-0.25, -0.2) is 0 Å². The molecule has 2 N–H and O–H groups in total. The van der Waals surface area contributed by atoms with Crippen molar-refractivity contribution in [2.45, 2.75) is 40.3 Å².